The lowest BCUT2D eigenvalue weighted by molar-refractivity contribution is 0.0876. The molecule has 0 N–H and O–H groups in total. The van der Waals surface area contributed by atoms with Crippen molar-refractivity contribution in [2.24, 2.45) is 12.0 Å². The van der Waals surface area contributed by atoms with Gasteiger partial charge >= 0.3 is 0 Å². The number of hydrogen-bond acceptors (Lipinski definition) is 5. The van der Waals surface area contributed by atoms with Gasteiger partial charge in [0, 0.05) is 49.7 Å². The average Bonchev–Trinajstić information content (AvgIpc) is 2.88. The number of aliphatic imine (C=N–C) groups is 1. The molecule has 0 saturated carbocycles. The van der Waals surface area contributed by atoms with Gasteiger partial charge < -0.3 is 9.47 Å². The number of fused-ring (bicyclic) bond motifs is 3. The van der Waals surface area contributed by atoms with Crippen molar-refractivity contribution in [2.45, 2.75) is 19.9 Å². The summed E-state index contributed by atoms with van der Waals surface area (Å²) in [6.45, 7) is 6.47. The van der Waals surface area contributed by atoms with E-state index < -0.39 is 0 Å². The summed E-state index contributed by atoms with van der Waals surface area (Å²) >= 11 is 1.57. The van der Waals surface area contributed by atoms with Crippen molar-refractivity contribution in [1.82, 2.24) is 14.5 Å². The van der Waals surface area contributed by atoms with Gasteiger partial charge in [-0.15, -0.1) is 11.8 Å². The van der Waals surface area contributed by atoms with E-state index >= 15 is 0 Å². The quantitative estimate of drug-likeness (QED) is 0.666. The molecule has 2 aromatic rings. The minimum Gasteiger partial charge on any atom is -0.377 e. The topological polar surface area (TPSA) is 53.7 Å². The average molecular weight is 410 g/mol. The molecule has 0 fully saturated rings. The molecule has 0 atom stereocenters. The fraction of sp³-hybridized carbons (Fsp3) is 0.318. The second-order valence-electron chi connectivity index (χ2n) is 6.98. The van der Waals surface area contributed by atoms with E-state index in [0.717, 1.165) is 39.3 Å². The van der Waals surface area contributed by atoms with E-state index in [1.54, 1.807) is 29.2 Å². The number of carbonyl (C=O) groups is 1. The van der Waals surface area contributed by atoms with Crippen LogP contribution in [-0.2, 0) is 13.6 Å². The third kappa shape index (κ3) is 3.87. The Hall–Kier alpha value is -2.80. The molecule has 1 aliphatic rings. The van der Waals surface area contributed by atoms with Crippen LogP contribution in [0.3, 0.4) is 0 Å². The van der Waals surface area contributed by atoms with Crippen LogP contribution < -0.4 is 4.90 Å². The zero-order valence-electron chi connectivity index (χ0n) is 17.6. The maximum atomic E-state index is 13.6. The Kier molecular flexibility index (Phi) is 6.27. The van der Waals surface area contributed by atoms with Crippen LogP contribution in [0.25, 0.3) is 11.0 Å². The Morgan fingerprint density at radius 1 is 1.38 bits per heavy atom. The van der Waals surface area contributed by atoms with Gasteiger partial charge in [0.05, 0.1) is 12.9 Å². The van der Waals surface area contributed by atoms with Crippen molar-refractivity contribution in [2.75, 3.05) is 25.3 Å². The number of anilines is 1. The number of amides is 1. The highest BCUT2D eigenvalue weighted by atomic mass is 32.2. The summed E-state index contributed by atoms with van der Waals surface area (Å²) in [6.07, 6.45) is 12.1. The van der Waals surface area contributed by atoms with E-state index in [0.29, 0.717) is 12.2 Å². The van der Waals surface area contributed by atoms with Gasteiger partial charge in [0.25, 0.3) is 5.91 Å². The Morgan fingerprint density at radius 2 is 2.14 bits per heavy atom. The number of aryl methyl sites for hydroxylation is 1. The zero-order valence-corrected chi connectivity index (χ0v) is 18.5. The SMILES string of the molecule is C=C(/C=C\C(=C/CC)N1C=NCc2c(n(C)c3nccc(N(C)C)c23)C1=O)SC. The van der Waals surface area contributed by atoms with Crippen molar-refractivity contribution in [3.63, 3.8) is 0 Å². The summed E-state index contributed by atoms with van der Waals surface area (Å²) in [5, 5.41) is 0.981. The summed E-state index contributed by atoms with van der Waals surface area (Å²) in [5.41, 5.74) is 4.15. The van der Waals surface area contributed by atoms with Gasteiger partial charge in [0.15, 0.2) is 0 Å². The van der Waals surface area contributed by atoms with E-state index in [9.17, 15) is 4.79 Å². The molecular weight excluding hydrogens is 382 g/mol. The molecule has 3 heterocycles. The first-order chi connectivity index (χ1) is 13.9. The molecule has 1 aliphatic heterocycles. The Labute approximate surface area is 176 Å². The lowest BCUT2D eigenvalue weighted by Crippen LogP contribution is -2.29. The van der Waals surface area contributed by atoms with Crippen LogP contribution in [0.2, 0.25) is 0 Å². The van der Waals surface area contributed by atoms with Crippen molar-refractivity contribution < 1.29 is 4.79 Å². The third-order valence-corrected chi connectivity index (χ3v) is 5.55. The summed E-state index contributed by atoms with van der Waals surface area (Å²) in [6, 6.07) is 1.97. The number of nitrogens with zero attached hydrogens (tertiary/aromatic N) is 5. The highest BCUT2D eigenvalue weighted by Crippen LogP contribution is 2.34. The Bertz CT molecular complexity index is 1050. The number of thioether (sulfide) groups is 1. The molecule has 0 aromatic carbocycles. The monoisotopic (exact) mass is 409 g/mol. The van der Waals surface area contributed by atoms with E-state index in [1.165, 1.54) is 0 Å². The first kappa shape index (κ1) is 20.9. The number of aromatic nitrogens is 2. The summed E-state index contributed by atoms with van der Waals surface area (Å²) in [4.78, 5) is 27.3. The predicted octanol–water partition coefficient (Wildman–Crippen LogP) is 4.35. The van der Waals surface area contributed by atoms with Crippen LogP contribution in [-0.4, -0.2) is 47.0 Å². The highest BCUT2D eigenvalue weighted by Gasteiger charge is 2.29. The van der Waals surface area contributed by atoms with Crippen molar-refractivity contribution in [1.29, 1.82) is 0 Å². The second-order valence-corrected chi connectivity index (χ2v) is 7.91. The first-order valence-corrected chi connectivity index (χ1v) is 10.7. The maximum Gasteiger partial charge on any atom is 0.280 e. The Morgan fingerprint density at radius 3 is 2.79 bits per heavy atom. The fourth-order valence-electron chi connectivity index (χ4n) is 3.48. The van der Waals surface area contributed by atoms with Crippen molar-refractivity contribution in [3.8, 4) is 0 Å². The molecule has 2 aromatic heterocycles. The number of allylic oxidation sites excluding steroid dienone is 3. The van der Waals surface area contributed by atoms with Crippen LogP contribution in [0, 0.1) is 0 Å². The lowest BCUT2D eigenvalue weighted by atomic mass is 10.1. The molecule has 0 saturated heterocycles. The van der Waals surface area contributed by atoms with Gasteiger partial charge in [-0.25, -0.2) is 4.98 Å². The van der Waals surface area contributed by atoms with Crippen molar-refractivity contribution >= 4 is 40.7 Å². The van der Waals surface area contributed by atoms with Crippen molar-refractivity contribution in [3.05, 3.63) is 58.9 Å². The molecule has 29 heavy (non-hydrogen) atoms. The van der Waals surface area contributed by atoms with Gasteiger partial charge in [0.2, 0.25) is 0 Å². The lowest BCUT2D eigenvalue weighted by Gasteiger charge is -2.18. The third-order valence-electron chi connectivity index (χ3n) is 4.89. The minimum absolute atomic E-state index is 0.106. The fourth-order valence-corrected chi connectivity index (χ4v) is 3.68. The van der Waals surface area contributed by atoms with E-state index in [1.807, 2.05) is 68.1 Å². The smallest absolute Gasteiger partial charge is 0.280 e. The molecule has 0 aliphatic carbocycles. The van der Waals surface area contributed by atoms with E-state index in [-0.39, 0.29) is 5.91 Å². The number of pyridine rings is 1. The van der Waals surface area contributed by atoms with Gasteiger partial charge in [0.1, 0.15) is 11.3 Å². The van der Waals surface area contributed by atoms with Crippen LogP contribution in [0.5, 0.6) is 0 Å². The van der Waals surface area contributed by atoms with Crippen LogP contribution in [0.1, 0.15) is 29.4 Å². The van der Waals surface area contributed by atoms with Gasteiger partial charge in [-0.3, -0.25) is 14.7 Å². The summed E-state index contributed by atoms with van der Waals surface area (Å²) in [7, 11) is 5.88. The zero-order chi connectivity index (χ0) is 21.1. The van der Waals surface area contributed by atoms with Crippen LogP contribution >= 0.6 is 11.8 Å². The number of carbonyl (C=O) groups excluding carboxylic acids is 1. The van der Waals surface area contributed by atoms with E-state index in [2.05, 4.69) is 16.6 Å². The normalized spacial score (nSPS) is 14.6. The van der Waals surface area contributed by atoms with Gasteiger partial charge in [-0.1, -0.05) is 19.6 Å². The minimum atomic E-state index is -0.106. The predicted molar refractivity (Wildman–Crippen MR) is 124 cm³/mol. The Balaban J connectivity index is 2.16. The largest absolute Gasteiger partial charge is 0.377 e. The summed E-state index contributed by atoms with van der Waals surface area (Å²) in [5.74, 6) is -0.106. The van der Waals surface area contributed by atoms with Crippen LogP contribution in [0.4, 0.5) is 5.69 Å². The van der Waals surface area contributed by atoms with Gasteiger partial charge in [-0.2, -0.15) is 0 Å². The first-order valence-electron chi connectivity index (χ1n) is 9.48. The molecule has 0 radical (unpaired) electrons. The molecule has 6 nitrogen and oxygen atoms in total. The summed E-state index contributed by atoms with van der Waals surface area (Å²) < 4.78 is 1.88. The molecule has 1 amide bonds. The van der Waals surface area contributed by atoms with E-state index in [4.69, 9.17) is 0 Å². The molecule has 3 rings (SSSR count). The standard InChI is InChI=1S/C22H27N5OS/c1-7-8-16(10-9-15(2)29-6)27-14-23-13-17-19-18(25(3)4)11-12-24-21(19)26(5)20(17)22(27)28/h8-12,14H,2,7,13H2,1,3-6H3/b10-9-,16-8+. The van der Waals surface area contributed by atoms with Gasteiger partial charge in [-0.05, 0) is 35.8 Å². The highest BCUT2D eigenvalue weighted by molar-refractivity contribution is 8.02. The molecule has 0 spiro atoms. The molecule has 152 valence electrons. The molecule has 0 bridgehead atoms. The molecule has 7 heteroatoms. The maximum absolute atomic E-state index is 13.6. The number of rotatable bonds is 6. The van der Waals surface area contributed by atoms with Crippen LogP contribution in [0.15, 0.2) is 52.7 Å². The molecule has 0 unspecified atom stereocenters. The molecular formula is C22H27N5OS. The number of hydrogen-bond donors (Lipinski definition) is 0. The second kappa shape index (κ2) is 8.69.